The summed E-state index contributed by atoms with van der Waals surface area (Å²) < 4.78 is 56.8. The molecule has 25 heavy (non-hydrogen) atoms. The molecular weight excluding hydrogens is 366 g/mol. The van der Waals surface area contributed by atoms with E-state index in [2.05, 4.69) is 11.8 Å². The van der Waals surface area contributed by atoms with Crippen molar-refractivity contribution in [3.05, 3.63) is 0 Å². The summed E-state index contributed by atoms with van der Waals surface area (Å²) in [7, 11) is -4.99. The molecule has 3 heterocycles. The van der Waals surface area contributed by atoms with E-state index in [1.807, 2.05) is 7.05 Å². The van der Waals surface area contributed by atoms with Crippen LogP contribution in [-0.2, 0) is 20.4 Å². The van der Waals surface area contributed by atoms with Crippen LogP contribution >= 0.6 is 0 Å². The Kier molecular flexibility index (Phi) is 5.74. The number of hydrogen-bond donors (Lipinski definition) is 0. The standard InChI is InChI=1S/C14H29N5O4S2/c1-14-3-4-19(13-14)25(22,23)18-11-9-17(10-12-18)24(20,21)16-7-5-15(2)6-8-16/h14H,3-13H2,1-2H3/t14-/m0/s1. The zero-order valence-electron chi connectivity index (χ0n) is 15.0. The molecule has 0 unspecified atom stereocenters. The van der Waals surface area contributed by atoms with Crippen LogP contribution in [-0.4, -0.2) is 111 Å². The minimum Gasteiger partial charge on any atom is -0.304 e. The molecule has 11 heteroatoms. The molecule has 3 aliphatic rings. The highest BCUT2D eigenvalue weighted by atomic mass is 32.2. The van der Waals surface area contributed by atoms with Crippen molar-refractivity contribution in [3.8, 4) is 0 Å². The molecule has 0 aromatic heterocycles. The van der Waals surface area contributed by atoms with E-state index in [1.54, 1.807) is 0 Å². The van der Waals surface area contributed by atoms with E-state index in [0.717, 1.165) is 19.5 Å². The number of hydrogen-bond acceptors (Lipinski definition) is 5. The van der Waals surface area contributed by atoms with Gasteiger partial charge in [0.25, 0.3) is 20.4 Å². The van der Waals surface area contributed by atoms with E-state index < -0.39 is 20.4 Å². The Labute approximate surface area is 151 Å². The lowest BCUT2D eigenvalue weighted by Gasteiger charge is -2.39. The molecule has 0 aliphatic carbocycles. The molecule has 0 bridgehead atoms. The second-order valence-corrected chi connectivity index (χ2v) is 11.1. The van der Waals surface area contributed by atoms with Gasteiger partial charge in [-0.25, -0.2) is 0 Å². The Morgan fingerprint density at radius 1 is 0.640 bits per heavy atom. The van der Waals surface area contributed by atoms with Gasteiger partial charge in [-0.15, -0.1) is 0 Å². The highest BCUT2D eigenvalue weighted by molar-refractivity contribution is 7.87. The fraction of sp³-hybridized carbons (Fsp3) is 1.00. The molecular formula is C14H29N5O4S2. The topological polar surface area (TPSA) is 84.5 Å². The first-order chi connectivity index (χ1) is 11.7. The summed E-state index contributed by atoms with van der Waals surface area (Å²) in [6, 6.07) is 0. The lowest BCUT2D eigenvalue weighted by atomic mass is 10.2. The Bertz CT molecular complexity index is 667. The molecule has 0 aromatic rings. The normalized spacial score (nSPS) is 30.1. The van der Waals surface area contributed by atoms with E-state index in [1.165, 1.54) is 17.2 Å². The Morgan fingerprint density at radius 3 is 1.44 bits per heavy atom. The summed E-state index contributed by atoms with van der Waals surface area (Å²) in [5, 5.41) is 0. The van der Waals surface area contributed by atoms with Gasteiger partial charge in [-0.2, -0.15) is 34.1 Å². The highest BCUT2D eigenvalue weighted by Crippen LogP contribution is 2.23. The molecule has 0 amide bonds. The van der Waals surface area contributed by atoms with Crippen LogP contribution in [0, 0.1) is 5.92 Å². The summed E-state index contributed by atoms with van der Waals surface area (Å²) >= 11 is 0. The highest BCUT2D eigenvalue weighted by Gasteiger charge is 2.39. The van der Waals surface area contributed by atoms with Crippen LogP contribution in [0.5, 0.6) is 0 Å². The molecule has 146 valence electrons. The van der Waals surface area contributed by atoms with E-state index in [4.69, 9.17) is 0 Å². The molecule has 3 rings (SSSR count). The number of piperazine rings is 2. The van der Waals surface area contributed by atoms with Gasteiger partial charge in [-0.05, 0) is 19.4 Å². The van der Waals surface area contributed by atoms with E-state index in [-0.39, 0.29) is 26.2 Å². The zero-order valence-corrected chi connectivity index (χ0v) is 16.7. The molecule has 1 atom stereocenters. The summed E-state index contributed by atoms with van der Waals surface area (Å²) in [4.78, 5) is 2.10. The third-order valence-corrected chi connectivity index (χ3v) is 9.39. The molecule has 0 N–H and O–H groups in total. The number of rotatable bonds is 4. The average Bonchev–Trinajstić information content (AvgIpc) is 3.03. The number of nitrogens with zero attached hydrogens (tertiary/aromatic N) is 5. The van der Waals surface area contributed by atoms with Crippen molar-refractivity contribution in [1.82, 2.24) is 22.1 Å². The lowest BCUT2D eigenvalue weighted by molar-refractivity contribution is 0.199. The summed E-state index contributed by atoms with van der Waals surface area (Å²) in [6.45, 7) is 6.48. The van der Waals surface area contributed by atoms with Crippen molar-refractivity contribution in [2.75, 3.05) is 72.5 Å². The van der Waals surface area contributed by atoms with E-state index >= 15 is 0 Å². The van der Waals surface area contributed by atoms with Gasteiger partial charge in [0.2, 0.25) is 0 Å². The minimum atomic E-state index is -3.50. The first-order valence-corrected chi connectivity index (χ1v) is 11.7. The maximum Gasteiger partial charge on any atom is 0.282 e. The van der Waals surface area contributed by atoms with Gasteiger partial charge in [0.15, 0.2) is 0 Å². The van der Waals surface area contributed by atoms with Gasteiger partial charge in [0, 0.05) is 65.4 Å². The maximum atomic E-state index is 12.8. The summed E-state index contributed by atoms with van der Waals surface area (Å²) in [5.74, 6) is 0.383. The Balaban J connectivity index is 1.60. The van der Waals surface area contributed by atoms with Gasteiger partial charge in [-0.3, -0.25) is 0 Å². The fourth-order valence-corrected chi connectivity index (χ4v) is 6.89. The first kappa shape index (κ1) is 19.5. The second kappa shape index (κ2) is 7.37. The van der Waals surface area contributed by atoms with Crippen LogP contribution in [0.4, 0.5) is 0 Å². The minimum absolute atomic E-state index is 0.220. The fourth-order valence-electron chi connectivity index (χ4n) is 3.58. The SMILES string of the molecule is C[C@H]1CCN(S(=O)(=O)N2CCN(S(=O)(=O)N3CCN(C)CC3)CC2)C1. The maximum absolute atomic E-state index is 12.8. The van der Waals surface area contributed by atoms with Crippen molar-refractivity contribution in [3.63, 3.8) is 0 Å². The van der Waals surface area contributed by atoms with Gasteiger partial charge in [-0.1, -0.05) is 6.92 Å². The van der Waals surface area contributed by atoms with E-state index in [9.17, 15) is 16.8 Å². The van der Waals surface area contributed by atoms with Gasteiger partial charge in [0.1, 0.15) is 0 Å². The number of likely N-dealkylation sites (N-methyl/N-ethyl adjacent to an activating group) is 1. The lowest BCUT2D eigenvalue weighted by Crippen LogP contribution is -2.58. The largest absolute Gasteiger partial charge is 0.304 e. The molecule has 0 aromatic carbocycles. The second-order valence-electron chi connectivity index (χ2n) is 7.27. The molecule has 3 saturated heterocycles. The molecule has 3 aliphatic heterocycles. The van der Waals surface area contributed by atoms with Crippen LogP contribution < -0.4 is 0 Å². The Hall–Kier alpha value is -0.300. The predicted molar refractivity (Wildman–Crippen MR) is 95.4 cm³/mol. The quantitative estimate of drug-likeness (QED) is 0.590. The van der Waals surface area contributed by atoms with Crippen molar-refractivity contribution in [2.24, 2.45) is 5.92 Å². The molecule has 3 fully saturated rings. The van der Waals surface area contributed by atoms with Gasteiger partial charge in [0.05, 0.1) is 0 Å². The third-order valence-electron chi connectivity index (χ3n) is 5.35. The van der Waals surface area contributed by atoms with Gasteiger partial charge >= 0.3 is 0 Å². The van der Waals surface area contributed by atoms with Gasteiger partial charge < -0.3 is 4.90 Å². The van der Waals surface area contributed by atoms with Crippen LogP contribution in [0.1, 0.15) is 13.3 Å². The van der Waals surface area contributed by atoms with Crippen LogP contribution in [0.2, 0.25) is 0 Å². The zero-order chi connectivity index (χ0) is 18.2. The molecule has 9 nitrogen and oxygen atoms in total. The van der Waals surface area contributed by atoms with Crippen LogP contribution in [0.3, 0.4) is 0 Å². The smallest absolute Gasteiger partial charge is 0.282 e. The molecule has 0 radical (unpaired) electrons. The molecule has 0 saturated carbocycles. The summed E-state index contributed by atoms with van der Waals surface area (Å²) in [6.07, 6.45) is 0.886. The first-order valence-electron chi connectivity index (χ1n) is 8.90. The van der Waals surface area contributed by atoms with E-state index in [0.29, 0.717) is 32.1 Å². The molecule has 0 spiro atoms. The average molecular weight is 396 g/mol. The predicted octanol–water partition coefficient (Wildman–Crippen LogP) is -1.32. The summed E-state index contributed by atoms with van der Waals surface area (Å²) in [5.41, 5.74) is 0. The van der Waals surface area contributed by atoms with Crippen molar-refractivity contribution in [1.29, 1.82) is 0 Å². The Morgan fingerprint density at radius 2 is 1.04 bits per heavy atom. The van der Waals surface area contributed by atoms with Crippen molar-refractivity contribution >= 4 is 20.4 Å². The van der Waals surface area contributed by atoms with Crippen LogP contribution in [0.15, 0.2) is 0 Å². The van der Waals surface area contributed by atoms with Crippen LogP contribution in [0.25, 0.3) is 0 Å². The monoisotopic (exact) mass is 395 g/mol. The van der Waals surface area contributed by atoms with Crippen molar-refractivity contribution < 1.29 is 16.8 Å². The third kappa shape index (κ3) is 4.02. The van der Waals surface area contributed by atoms with Crippen molar-refractivity contribution in [2.45, 2.75) is 13.3 Å².